The Morgan fingerprint density at radius 2 is 2.33 bits per heavy atom. The van der Waals surface area contributed by atoms with Gasteiger partial charge in [0.15, 0.2) is 0 Å². The minimum absolute atomic E-state index is 0.0156. The molecule has 0 atom stereocenters. The highest BCUT2D eigenvalue weighted by molar-refractivity contribution is 5.46. The quantitative estimate of drug-likeness (QED) is 0.717. The molecule has 1 rings (SSSR count). The van der Waals surface area contributed by atoms with Crippen LogP contribution in [0.2, 0.25) is 0 Å². The fourth-order valence-electron chi connectivity index (χ4n) is 0.954. The minimum atomic E-state index is 0.0156. The van der Waals surface area contributed by atoms with Gasteiger partial charge in [0.25, 0.3) is 0 Å². The zero-order valence-electron chi connectivity index (χ0n) is 6.74. The zero-order chi connectivity index (χ0) is 8.97. The molecule has 0 spiro atoms. The van der Waals surface area contributed by atoms with Gasteiger partial charge in [0.1, 0.15) is 11.8 Å². The predicted molar refractivity (Wildman–Crippen MR) is 43.5 cm³/mol. The molecule has 1 aromatic carbocycles. The Morgan fingerprint density at radius 1 is 1.58 bits per heavy atom. The fourth-order valence-corrected chi connectivity index (χ4v) is 0.954. The summed E-state index contributed by atoms with van der Waals surface area (Å²) < 4.78 is 4.84. The maximum absolute atomic E-state index is 9.42. The summed E-state index contributed by atoms with van der Waals surface area (Å²) in [5, 5.41) is 18.0. The number of phenols is 1. The molecule has 1 aromatic rings. The second-order valence-corrected chi connectivity index (χ2v) is 2.36. The number of aromatic hydroxyl groups is 1. The van der Waals surface area contributed by atoms with Crippen LogP contribution in [0.3, 0.4) is 0 Å². The highest BCUT2D eigenvalue weighted by Crippen LogP contribution is 2.21. The highest BCUT2D eigenvalue weighted by atomic mass is 16.5. The lowest BCUT2D eigenvalue weighted by Gasteiger charge is -2.03. The van der Waals surface area contributed by atoms with Crippen molar-refractivity contribution in [2.24, 2.45) is 0 Å². The first kappa shape index (κ1) is 8.57. The van der Waals surface area contributed by atoms with Gasteiger partial charge in [0.05, 0.1) is 12.2 Å². The van der Waals surface area contributed by atoms with Gasteiger partial charge in [-0.05, 0) is 6.07 Å². The van der Waals surface area contributed by atoms with Gasteiger partial charge in [-0.25, -0.2) is 0 Å². The summed E-state index contributed by atoms with van der Waals surface area (Å²) in [7, 11) is 1.54. The molecule has 0 radical (unpaired) electrons. The molecular formula is C9H9NO2. The third-order valence-corrected chi connectivity index (χ3v) is 1.54. The molecule has 0 aromatic heterocycles. The van der Waals surface area contributed by atoms with Gasteiger partial charge in [-0.3, -0.25) is 0 Å². The predicted octanol–water partition coefficient (Wildman–Crippen LogP) is 1.41. The van der Waals surface area contributed by atoms with Crippen LogP contribution in [0.5, 0.6) is 5.75 Å². The third-order valence-electron chi connectivity index (χ3n) is 1.54. The number of methoxy groups -OCH3 is 1. The van der Waals surface area contributed by atoms with E-state index >= 15 is 0 Å². The van der Waals surface area contributed by atoms with Crippen molar-refractivity contribution in [2.75, 3.05) is 7.11 Å². The molecule has 0 bridgehead atoms. The number of hydrogen-bond acceptors (Lipinski definition) is 3. The van der Waals surface area contributed by atoms with E-state index in [1.165, 1.54) is 0 Å². The zero-order valence-corrected chi connectivity index (χ0v) is 6.74. The Kier molecular flexibility index (Phi) is 2.67. The van der Waals surface area contributed by atoms with Crippen LogP contribution in [0.4, 0.5) is 0 Å². The maximum Gasteiger partial charge on any atom is 0.138 e. The highest BCUT2D eigenvalue weighted by Gasteiger charge is 2.04. The minimum Gasteiger partial charge on any atom is -0.506 e. The maximum atomic E-state index is 9.42. The molecule has 0 fully saturated rings. The molecule has 0 amide bonds. The summed E-state index contributed by atoms with van der Waals surface area (Å²) in [5.41, 5.74) is 0.918. The average Bonchev–Trinajstić information content (AvgIpc) is 2.09. The topological polar surface area (TPSA) is 53.2 Å². The van der Waals surface area contributed by atoms with E-state index in [9.17, 15) is 5.11 Å². The second kappa shape index (κ2) is 3.74. The molecule has 3 nitrogen and oxygen atoms in total. The SMILES string of the molecule is COCc1cccc(C#N)c1O. The number of benzene rings is 1. The number of para-hydroxylation sites is 1. The van der Waals surface area contributed by atoms with Crippen LogP contribution < -0.4 is 0 Å². The lowest BCUT2D eigenvalue weighted by atomic mass is 10.1. The fraction of sp³-hybridized carbons (Fsp3) is 0.222. The summed E-state index contributed by atoms with van der Waals surface area (Å²) in [4.78, 5) is 0. The van der Waals surface area contributed by atoms with Gasteiger partial charge in [-0.2, -0.15) is 5.26 Å². The normalized spacial score (nSPS) is 9.33. The molecule has 0 saturated heterocycles. The summed E-state index contributed by atoms with van der Waals surface area (Å²) >= 11 is 0. The first-order valence-corrected chi connectivity index (χ1v) is 3.49. The molecule has 1 N–H and O–H groups in total. The van der Waals surface area contributed by atoms with Crippen molar-refractivity contribution < 1.29 is 9.84 Å². The van der Waals surface area contributed by atoms with Crippen LogP contribution in [0.1, 0.15) is 11.1 Å². The number of nitriles is 1. The van der Waals surface area contributed by atoms with Crippen LogP contribution in [0.15, 0.2) is 18.2 Å². The lowest BCUT2D eigenvalue weighted by Crippen LogP contribution is -1.89. The van der Waals surface area contributed by atoms with Gasteiger partial charge in [-0.15, -0.1) is 0 Å². The van der Waals surface area contributed by atoms with Gasteiger partial charge < -0.3 is 9.84 Å². The standard InChI is InChI=1S/C9H9NO2/c1-12-6-8-4-2-3-7(5-10)9(8)11/h2-4,11H,6H2,1H3. The number of ether oxygens (including phenoxy) is 1. The van der Waals surface area contributed by atoms with Crippen molar-refractivity contribution in [1.82, 2.24) is 0 Å². The number of hydrogen-bond donors (Lipinski definition) is 1. The van der Waals surface area contributed by atoms with Crippen molar-refractivity contribution in [3.8, 4) is 11.8 Å². The summed E-state index contributed by atoms with van der Waals surface area (Å²) in [5.74, 6) is 0.0156. The molecule has 0 heterocycles. The van der Waals surface area contributed by atoms with Gasteiger partial charge in [-0.1, -0.05) is 12.1 Å². The van der Waals surface area contributed by atoms with E-state index in [2.05, 4.69) is 0 Å². The van der Waals surface area contributed by atoms with Crippen molar-refractivity contribution in [3.05, 3.63) is 29.3 Å². The monoisotopic (exact) mass is 163 g/mol. The largest absolute Gasteiger partial charge is 0.506 e. The Balaban J connectivity index is 3.07. The van der Waals surface area contributed by atoms with Crippen LogP contribution in [-0.2, 0) is 11.3 Å². The van der Waals surface area contributed by atoms with Crippen LogP contribution >= 0.6 is 0 Å². The Bertz CT molecular complexity index is 315. The molecule has 0 aliphatic heterocycles. The Morgan fingerprint density at radius 3 is 2.92 bits per heavy atom. The smallest absolute Gasteiger partial charge is 0.138 e. The van der Waals surface area contributed by atoms with Crippen LogP contribution in [-0.4, -0.2) is 12.2 Å². The van der Waals surface area contributed by atoms with E-state index in [-0.39, 0.29) is 11.3 Å². The first-order valence-electron chi connectivity index (χ1n) is 3.49. The summed E-state index contributed by atoms with van der Waals surface area (Å²) in [6.07, 6.45) is 0. The molecule has 0 saturated carbocycles. The van der Waals surface area contributed by atoms with E-state index in [0.717, 1.165) is 0 Å². The van der Waals surface area contributed by atoms with Gasteiger partial charge in [0.2, 0.25) is 0 Å². The first-order chi connectivity index (χ1) is 5.79. The van der Waals surface area contributed by atoms with Crippen molar-refractivity contribution in [3.63, 3.8) is 0 Å². The number of rotatable bonds is 2. The average molecular weight is 163 g/mol. The van der Waals surface area contributed by atoms with E-state index < -0.39 is 0 Å². The van der Waals surface area contributed by atoms with E-state index in [4.69, 9.17) is 10.00 Å². The van der Waals surface area contributed by atoms with E-state index in [1.807, 2.05) is 6.07 Å². The molecule has 0 aliphatic carbocycles. The molecule has 12 heavy (non-hydrogen) atoms. The Labute approximate surface area is 70.8 Å². The number of nitrogens with zero attached hydrogens (tertiary/aromatic N) is 1. The summed E-state index contributed by atoms with van der Waals surface area (Å²) in [6, 6.07) is 6.89. The van der Waals surface area contributed by atoms with E-state index in [1.54, 1.807) is 25.3 Å². The van der Waals surface area contributed by atoms with Crippen molar-refractivity contribution in [2.45, 2.75) is 6.61 Å². The number of phenolic OH excluding ortho intramolecular Hbond substituents is 1. The molecule has 0 unspecified atom stereocenters. The Hall–Kier alpha value is -1.53. The van der Waals surface area contributed by atoms with Crippen molar-refractivity contribution >= 4 is 0 Å². The van der Waals surface area contributed by atoms with Crippen molar-refractivity contribution in [1.29, 1.82) is 5.26 Å². The second-order valence-electron chi connectivity index (χ2n) is 2.36. The third kappa shape index (κ3) is 1.55. The van der Waals surface area contributed by atoms with Gasteiger partial charge in [0, 0.05) is 12.7 Å². The van der Waals surface area contributed by atoms with E-state index in [0.29, 0.717) is 12.2 Å². The summed E-state index contributed by atoms with van der Waals surface area (Å²) in [6.45, 7) is 0.321. The molecular weight excluding hydrogens is 154 g/mol. The van der Waals surface area contributed by atoms with Crippen LogP contribution in [0.25, 0.3) is 0 Å². The van der Waals surface area contributed by atoms with Crippen LogP contribution in [0, 0.1) is 11.3 Å². The molecule has 62 valence electrons. The molecule has 3 heteroatoms. The molecule has 0 aliphatic rings. The lowest BCUT2D eigenvalue weighted by molar-refractivity contribution is 0.182. The van der Waals surface area contributed by atoms with Gasteiger partial charge >= 0.3 is 0 Å².